The van der Waals surface area contributed by atoms with E-state index in [-0.39, 0.29) is 18.9 Å². The summed E-state index contributed by atoms with van der Waals surface area (Å²) in [6.45, 7) is 0.663. The van der Waals surface area contributed by atoms with Crippen molar-refractivity contribution in [2.75, 3.05) is 26.0 Å². The van der Waals surface area contributed by atoms with Crippen LogP contribution < -0.4 is 5.32 Å². The average Bonchev–Trinajstić information content (AvgIpc) is 2.97. The third-order valence-corrected chi connectivity index (χ3v) is 7.15. The number of carbonyl (C=O) groups excluding carboxylic acids is 1. The van der Waals surface area contributed by atoms with Gasteiger partial charge in [0, 0.05) is 37.0 Å². The first-order valence-corrected chi connectivity index (χ1v) is 10.6. The molecule has 0 aliphatic carbocycles. The Morgan fingerprint density at radius 3 is 2.69 bits per heavy atom. The molecule has 1 aromatic heterocycles. The normalized spacial score (nSPS) is 15.1. The fraction of sp³-hybridized carbons (Fsp3) is 0.375. The summed E-state index contributed by atoms with van der Waals surface area (Å²) in [5.74, 6) is -0.170. The zero-order valence-corrected chi connectivity index (χ0v) is 16.8. The highest BCUT2D eigenvalue weighted by Crippen LogP contribution is 2.30. The van der Waals surface area contributed by atoms with Crippen molar-refractivity contribution >= 4 is 44.2 Å². The molecule has 0 bridgehead atoms. The number of nitrogens with one attached hydrogen (secondary N) is 1. The minimum Gasteiger partial charge on any atom is -0.302 e. The van der Waals surface area contributed by atoms with Gasteiger partial charge in [-0.2, -0.15) is 17.0 Å². The quantitative estimate of drug-likeness (QED) is 0.812. The zero-order valence-electron chi connectivity index (χ0n) is 14.4. The molecule has 0 fully saturated rings. The summed E-state index contributed by atoms with van der Waals surface area (Å²) >= 11 is 7.16. The molecule has 0 spiro atoms. The van der Waals surface area contributed by atoms with Gasteiger partial charge in [-0.15, -0.1) is 11.3 Å². The van der Waals surface area contributed by atoms with Crippen LogP contribution in [0.4, 0.5) is 5.13 Å². The van der Waals surface area contributed by atoms with Crippen LogP contribution in [-0.2, 0) is 34.4 Å². The molecular weight excluding hydrogens is 396 g/mol. The van der Waals surface area contributed by atoms with E-state index < -0.39 is 10.2 Å². The Morgan fingerprint density at radius 2 is 2.04 bits per heavy atom. The molecule has 2 aromatic rings. The summed E-state index contributed by atoms with van der Waals surface area (Å²) in [7, 11) is -0.426. The van der Waals surface area contributed by atoms with Gasteiger partial charge < -0.3 is 5.32 Å². The maximum absolute atomic E-state index is 12.3. The molecular formula is C16H19ClN4O3S2. The van der Waals surface area contributed by atoms with Crippen molar-refractivity contribution in [1.29, 1.82) is 0 Å². The Kier molecular flexibility index (Phi) is 5.64. The van der Waals surface area contributed by atoms with Crippen molar-refractivity contribution in [3.8, 4) is 0 Å². The topological polar surface area (TPSA) is 82.6 Å². The van der Waals surface area contributed by atoms with Crippen LogP contribution >= 0.6 is 22.9 Å². The second kappa shape index (κ2) is 7.61. The Morgan fingerprint density at radius 1 is 1.35 bits per heavy atom. The van der Waals surface area contributed by atoms with E-state index in [1.54, 1.807) is 24.3 Å². The fourth-order valence-corrected chi connectivity index (χ4v) is 4.93. The van der Waals surface area contributed by atoms with E-state index in [1.807, 2.05) is 0 Å². The van der Waals surface area contributed by atoms with E-state index in [4.69, 9.17) is 11.6 Å². The van der Waals surface area contributed by atoms with E-state index in [1.165, 1.54) is 34.0 Å². The summed E-state index contributed by atoms with van der Waals surface area (Å²) in [5.41, 5.74) is 1.71. The van der Waals surface area contributed by atoms with Crippen molar-refractivity contribution in [1.82, 2.24) is 13.6 Å². The summed E-state index contributed by atoms with van der Waals surface area (Å²) in [6.07, 6.45) is 0.758. The lowest BCUT2D eigenvalue weighted by Gasteiger charge is -2.27. The molecule has 0 saturated carbocycles. The molecule has 2 heterocycles. The molecule has 26 heavy (non-hydrogen) atoms. The van der Waals surface area contributed by atoms with E-state index in [2.05, 4.69) is 10.3 Å². The second-order valence-electron chi connectivity index (χ2n) is 6.11. The molecule has 3 rings (SSSR count). The number of fused-ring (bicyclic) bond motifs is 1. The maximum Gasteiger partial charge on any atom is 0.281 e. The molecule has 1 aliphatic rings. The van der Waals surface area contributed by atoms with E-state index in [0.29, 0.717) is 23.1 Å². The molecule has 10 heteroatoms. The van der Waals surface area contributed by atoms with Gasteiger partial charge in [-0.3, -0.25) is 4.79 Å². The first kappa shape index (κ1) is 19.2. The first-order valence-electron chi connectivity index (χ1n) is 7.96. The average molecular weight is 415 g/mol. The monoisotopic (exact) mass is 414 g/mol. The van der Waals surface area contributed by atoms with Crippen molar-refractivity contribution in [3.05, 3.63) is 45.4 Å². The minimum absolute atomic E-state index is 0.170. The van der Waals surface area contributed by atoms with Crippen LogP contribution in [0.15, 0.2) is 24.3 Å². The number of hydrogen-bond acceptors (Lipinski definition) is 5. The highest BCUT2D eigenvalue weighted by Gasteiger charge is 2.30. The molecule has 0 saturated heterocycles. The number of aromatic nitrogens is 1. The summed E-state index contributed by atoms with van der Waals surface area (Å²) < 4.78 is 27.2. The van der Waals surface area contributed by atoms with Crippen LogP contribution in [0.3, 0.4) is 0 Å². The number of amides is 1. The lowest BCUT2D eigenvalue weighted by atomic mass is 10.1. The van der Waals surface area contributed by atoms with Gasteiger partial charge in [0.1, 0.15) is 0 Å². The standard InChI is InChI=1S/C16H19ClN4O3S2/c1-20(2)26(23,24)21-8-7-13-14(10-21)25-16(18-13)19-15(22)9-11-3-5-12(17)6-4-11/h3-6H,7-10H2,1-2H3,(H,18,19,22). The smallest absolute Gasteiger partial charge is 0.281 e. The van der Waals surface area contributed by atoms with Gasteiger partial charge in [0.15, 0.2) is 5.13 Å². The summed E-state index contributed by atoms with van der Waals surface area (Å²) in [4.78, 5) is 17.5. The highest BCUT2D eigenvalue weighted by molar-refractivity contribution is 7.86. The lowest BCUT2D eigenvalue weighted by molar-refractivity contribution is -0.115. The third kappa shape index (κ3) is 4.24. The molecule has 1 amide bonds. The maximum atomic E-state index is 12.3. The number of nitrogens with zero attached hydrogens (tertiary/aromatic N) is 3. The predicted octanol–water partition coefficient (Wildman–Crippen LogP) is 2.14. The van der Waals surface area contributed by atoms with Gasteiger partial charge in [0.2, 0.25) is 5.91 Å². The van der Waals surface area contributed by atoms with Crippen molar-refractivity contribution in [2.24, 2.45) is 0 Å². The molecule has 0 unspecified atom stereocenters. The molecule has 140 valence electrons. The SMILES string of the molecule is CN(C)S(=O)(=O)N1CCc2nc(NC(=O)Cc3ccc(Cl)cc3)sc2C1. The van der Waals surface area contributed by atoms with Crippen LogP contribution in [0.1, 0.15) is 16.1 Å². The van der Waals surface area contributed by atoms with Crippen LogP contribution in [0.5, 0.6) is 0 Å². The number of hydrogen-bond donors (Lipinski definition) is 1. The second-order valence-corrected chi connectivity index (χ2v) is 9.78. The Bertz CT molecular complexity index is 910. The number of rotatable bonds is 5. The van der Waals surface area contributed by atoms with Gasteiger partial charge in [-0.05, 0) is 17.7 Å². The number of carbonyl (C=O) groups is 1. The van der Waals surface area contributed by atoms with Crippen LogP contribution in [-0.4, -0.2) is 48.6 Å². The third-order valence-electron chi connectivity index (χ3n) is 4.01. The molecule has 0 atom stereocenters. The number of anilines is 1. The van der Waals surface area contributed by atoms with Gasteiger partial charge in [-0.1, -0.05) is 23.7 Å². The van der Waals surface area contributed by atoms with Crippen LogP contribution in [0.2, 0.25) is 5.02 Å². The zero-order chi connectivity index (χ0) is 18.9. The van der Waals surface area contributed by atoms with Crippen molar-refractivity contribution in [3.63, 3.8) is 0 Å². The van der Waals surface area contributed by atoms with E-state index in [0.717, 1.165) is 16.1 Å². The van der Waals surface area contributed by atoms with E-state index in [9.17, 15) is 13.2 Å². The Balaban J connectivity index is 1.66. The molecule has 0 radical (unpaired) electrons. The predicted molar refractivity (Wildman–Crippen MR) is 103 cm³/mol. The number of thiazole rings is 1. The summed E-state index contributed by atoms with van der Waals surface area (Å²) in [6, 6.07) is 7.09. The van der Waals surface area contributed by atoms with Crippen molar-refractivity contribution in [2.45, 2.75) is 19.4 Å². The van der Waals surface area contributed by atoms with Crippen LogP contribution in [0, 0.1) is 0 Å². The lowest BCUT2D eigenvalue weighted by Crippen LogP contribution is -2.42. The van der Waals surface area contributed by atoms with Gasteiger partial charge >= 0.3 is 0 Å². The first-order chi connectivity index (χ1) is 12.3. The molecule has 1 aliphatic heterocycles. The number of halogens is 1. The Hall–Kier alpha value is -1.52. The summed E-state index contributed by atoms with van der Waals surface area (Å²) in [5, 5.41) is 3.92. The Labute approximate surface area is 161 Å². The van der Waals surface area contributed by atoms with Crippen LogP contribution in [0.25, 0.3) is 0 Å². The molecule has 1 aromatic carbocycles. The highest BCUT2D eigenvalue weighted by atomic mass is 35.5. The fourth-order valence-electron chi connectivity index (χ4n) is 2.60. The number of benzene rings is 1. The molecule has 7 nitrogen and oxygen atoms in total. The minimum atomic E-state index is -3.45. The van der Waals surface area contributed by atoms with Gasteiger partial charge in [-0.25, -0.2) is 4.98 Å². The largest absolute Gasteiger partial charge is 0.302 e. The van der Waals surface area contributed by atoms with Gasteiger partial charge in [0.25, 0.3) is 10.2 Å². The molecule has 1 N–H and O–H groups in total. The van der Waals surface area contributed by atoms with Crippen molar-refractivity contribution < 1.29 is 13.2 Å². The van der Waals surface area contributed by atoms with E-state index >= 15 is 0 Å². The van der Waals surface area contributed by atoms with Gasteiger partial charge in [0.05, 0.1) is 18.7 Å².